The smallest absolute Gasteiger partial charge is 0.492 e. The van der Waals surface area contributed by atoms with Crippen molar-refractivity contribution in [2.24, 2.45) is 11.0 Å². The van der Waals surface area contributed by atoms with Crippen molar-refractivity contribution in [1.29, 1.82) is 0 Å². The standard InChI is InChI=1S/C12H19BN2O3/c1-9(2)7-14-15-8-10-4-5-11(13(16)17)12(6-10)18-3/h4-6,8-9,14,16-17H,7H2,1-3H3/b15-8+. The van der Waals surface area contributed by atoms with Crippen LogP contribution in [0.5, 0.6) is 5.75 Å². The molecule has 5 nitrogen and oxygen atoms in total. The van der Waals surface area contributed by atoms with Gasteiger partial charge in [0.25, 0.3) is 0 Å². The van der Waals surface area contributed by atoms with Gasteiger partial charge in [0, 0.05) is 12.0 Å². The van der Waals surface area contributed by atoms with Gasteiger partial charge in [0.15, 0.2) is 0 Å². The Labute approximate surface area is 108 Å². The molecule has 98 valence electrons. The first kappa shape index (κ1) is 14.5. The van der Waals surface area contributed by atoms with Crippen LogP contribution in [0.15, 0.2) is 23.3 Å². The summed E-state index contributed by atoms with van der Waals surface area (Å²) in [5.74, 6) is 0.960. The normalized spacial score (nSPS) is 11.0. The van der Waals surface area contributed by atoms with Gasteiger partial charge in [-0.1, -0.05) is 26.0 Å². The molecule has 0 aliphatic carbocycles. The molecule has 0 unspecified atom stereocenters. The molecule has 0 bridgehead atoms. The van der Waals surface area contributed by atoms with Gasteiger partial charge in [-0.2, -0.15) is 5.10 Å². The van der Waals surface area contributed by atoms with Crippen LogP contribution in [-0.2, 0) is 0 Å². The van der Waals surface area contributed by atoms with E-state index in [4.69, 9.17) is 14.8 Å². The number of nitrogens with zero attached hydrogens (tertiary/aromatic N) is 1. The van der Waals surface area contributed by atoms with Crippen LogP contribution in [0.3, 0.4) is 0 Å². The molecule has 1 rings (SSSR count). The van der Waals surface area contributed by atoms with Gasteiger partial charge in [0.05, 0.1) is 13.3 Å². The van der Waals surface area contributed by atoms with E-state index in [9.17, 15) is 0 Å². The summed E-state index contributed by atoms with van der Waals surface area (Å²) in [7, 11) is -0.0518. The van der Waals surface area contributed by atoms with Gasteiger partial charge in [-0.3, -0.25) is 0 Å². The highest BCUT2D eigenvalue weighted by Crippen LogP contribution is 2.09. The minimum atomic E-state index is -1.54. The molecular weight excluding hydrogens is 231 g/mol. The number of methoxy groups -OCH3 is 1. The Morgan fingerprint density at radius 2 is 2.17 bits per heavy atom. The SMILES string of the molecule is COc1cc(/C=N/NCC(C)C)ccc1B(O)O. The van der Waals surface area contributed by atoms with E-state index in [1.807, 2.05) is 0 Å². The molecule has 0 aliphatic rings. The lowest BCUT2D eigenvalue weighted by Crippen LogP contribution is -2.31. The van der Waals surface area contributed by atoms with Crippen molar-refractivity contribution >= 4 is 18.8 Å². The minimum Gasteiger partial charge on any atom is -0.497 e. The molecule has 18 heavy (non-hydrogen) atoms. The van der Waals surface area contributed by atoms with Gasteiger partial charge < -0.3 is 20.2 Å². The van der Waals surface area contributed by atoms with Crippen LogP contribution in [0, 0.1) is 5.92 Å². The Bertz CT molecular complexity index is 408. The molecule has 0 aliphatic heterocycles. The van der Waals surface area contributed by atoms with E-state index < -0.39 is 7.12 Å². The Morgan fingerprint density at radius 1 is 1.44 bits per heavy atom. The summed E-state index contributed by atoms with van der Waals surface area (Å²) < 4.78 is 5.09. The molecular formula is C12H19BN2O3. The zero-order valence-electron chi connectivity index (χ0n) is 10.9. The maximum Gasteiger partial charge on any atom is 0.492 e. The van der Waals surface area contributed by atoms with E-state index in [2.05, 4.69) is 24.4 Å². The fourth-order valence-electron chi connectivity index (χ4n) is 1.38. The zero-order chi connectivity index (χ0) is 13.5. The molecule has 6 heteroatoms. The van der Waals surface area contributed by atoms with Crippen molar-refractivity contribution in [3.63, 3.8) is 0 Å². The molecule has 0 saturated heterocycles. The maximum atomic E-state index is 9.13. The quantitative estimate of drug-likeness (QED) is 0.376. The molecule has 1 aromatic rings. The Kier molecular flexibility index (Phi) is 5.68. The topological polar surface area (TPSA) is 74.1 Å². The lowest BCUT2D eigenvalue weighted by atomic mass is 9.79. The molecule has 0 spiro atoms. The van der Waals surface area contributed by atoms with Crippen LogP contribution in [0.25, 0.3) is 0 Å². The van der Waals surface area contributed by atoms with Gasteiger partial charge in [-0.15, -0.1) is 0 Å². The third kappa shape index (κ3) is 4.39. The maximum absolute atomic E-state index is 9.13. The highest BCUT2D eigenvalue weighted by Gasteiger charge is 2.16. The summed E-state index contributed by atoms with van der Waals surface area (Å²) in [6.45, 7) is 5.01. The van der Waals surface area contributed by atoms with Crippen LogP contribution in [-0.4, -0.2) is 37.0 Å². The minimum absolute atomic E-state index is 0.338. The van der Waals surface area contributed by atoms with Crippen molar-refractivity contribution < 1.29 is 14.8 Å². The first-order valence-corrected chi connectivity index (χ1v) is 5.84. The molecule has 0 atom stereocenters. The summed E-state index contributed by atoms with van der Waals surface area (Å²) >= 11 is 0. The first-order chi connectivity index (χ1) is 8.54. The number of rotatable bonds is 6. The summed E-state index contributed by atoms with van der Waals surface area (Å²) in [5.41, 5.74) is 4.10. The lowest BCUT2D eigenvalue weighted by Gasteiger charge is -2.08. The second kappa shape index (κ2) is 7.03. The second-order valence-corrected chi connectivity index (χ2v) is 4.39. The monoisotopic (exact) mass is 250 g/mol. The van der Waals surface area contributed by atoms with Crippen molar-refractivity contribution in [3.8, 4) is 5.75 Å². The number of hydrazone groups is 1. The van der Waals surface area contributed by atoms with Gasteiger partial charge >= 0.3 is 7.12 Å². The molecule has 3 N–H and O–H groups in total. The molecule has 0 heterocycles. The van der Waals surface area contributed by atoms with E-state index in [1.165, 1.54) is 7.11 Å². The van der Waals surface area contributed by atoms with Gasteiger partial charge in [-0.05, 0) is 17.5 Å². The predicted molar refractivity (Wildman–Crippen MR) is 73.3 cm³/mol. The number of hydrogen-bond donors (Lipinski definition) is 3. The van der Waals surface area contributed by atoms with E-state index >= 15 is 0 Å². The van der Waals surface area contributed by atoms with Crippen LogP contribution < -0.4 is 15.6 Å². The highest BCUT2D eigenvalue weighted by molar-refractivity contribution is 6.59. The number of benzene rings is 1. The molecule has 0 amide bonds. The van der Waals surface area contributed by atoms with E-state index in [1.54, 1.807) is 24.4 Å². The van der Waals surface area contributed by atoms with Crippen molar-refractivity contribution in [2.45, 2.75) is 13.8 Å². The second-order valence-electron chi connectivity index (χ2n) is 4.39. The van der Waals surface area contributed by atoms with Crippen LogP contribution >= 0.6 is 0 Å². The third-order valence-corrected chi connectivity index (χ3v) is 2.34. The lowest BCUT2D eigenvalue weighted by molar-refractivity contribution is 0.403. The zero-order valence-corrected chi connectivity index (χ0v) is 10.9. The summed E-state index contributed by atoms with van der Waals surface area (Å²) in [4.78, 5) is 0. The molecule has 0 fully saturated rings. The number of nitrogens with one attached hydrogen (secondary N) is 1. The third-order valence-electron chi connectivity index (χ3n) is 2.34. The Morgan fingerprint density at radius 3 is 2.72 bits per heavy atom. The van der Waals surface area contributed by atoms with Crippen LogP contribution in [0.4, 0.5) is 0 Å². The highest BCUT2D eigenvalue weighted by atomic mass is 16.5. The van der Waals surface area contributed by atoms with Crippen molar-refractivity contribution in [3.05, 3.63) is 23.8 Å². The Hall–Kier alpha value is -1.53. The van der Waals surface area contributed by atoms with Crippen LogP contribution in [0.2, 0.25) is 0 Å². The molecule has 0 aromatic heterocycles. The van der Waals surface area contributed by atoms with E-state index in [0.717, 1.165) is 12.1 Å². The number of ether oxygens (including phenoxy) is 1. The predicted octanol–water partition coefficient (Wildman–Crippen LogP) is -0.0455. The van der Waals surface area contributed by atoms with E-state index in [0.29, 0.717) is 17.1 Å². The fourth-order valence-corrected chi connectivity index (χ4v) is 1.38. The largest absolute Gasteiger partial charge is 0.497 e. The molecule has 0 radical (unpaired) electrons. The summed E-state index contributed by atoms with van der Waals surface area (Å²) in [6, 6.07) is 5.06. The number of hydrogen-bond acceptors (Lipinski definition) is 5. The Balaban J connectivity index is 2.73. The van der Waals surface area contributed by atoms with Crippen molar-refractivity contribution in [1.82, 2.24) is 5.43 Å². The van der Waals surface area contributed by atoms with Crippen molar-refractivity contribution in [2.75, 3.05) is 13.7 Å². The van der Waals surface area contributed by atoms with E-state index in [-0.39, 0.29) is 0 Å². The molecule has 1 aromatic carbocycles. The van der Waals surface area contributed by atoms with Crippen LogP contribution in [0.1, 0.15) is 19.4 Å². The fraction of sp³-hybridized carbons (Fsp3) is 0.417. The first-order valence-electron chi connectivity index (χ1n) is 5.84. The average Bonchev–Trinajstić information content (AvgIpc) is 2.33. The van der Waals surface area contributed by atoms with Gasteiger partial charge in [-0.25, -0.2) is 0 Å². The summed E-state index contributed by atoms with van der Waals surface area (Å²) in [5, 5.41) is 22.3. The van der Waals surface area contributed by atoms with Gasteiger partial charge in [0.2, 0.25) is 0 Å². The van der Waals surface area contributed by atoms with Gasteiger partial charge in [0.1, 0.15) is 5.75 Å². The molecule has 0 saturated carbocycles. The summed E-state index contributed by atoms with van der Waals surface area (Å²) in [6.07, 6.45) is 1.67. The average molecular weight is 250 g/mol.